The van der Waals surface area contributed by atoms with Crippen LogP contribution in [0.2, 0.25) is 0 Å². The Kier molecular flexibility index (Phi) is 6.11. The summed E-state index contributed by atoms with van der Waals surface area (Å²) in [5.74, 6) is 1.60. The molecule has 0 aliphatic rings. The van der Waals surface area contributed by atoms with E-state index in [0.717, 1.165) is 5.75 Å². The van der Waals surface area contributed by atoms with Gasteiger partial charge in [-0.25, -0.2) is 0 Å². The van der Waals surface area contributed by atoms with Crippen molar-refractivity contribution in [2.45, 2.75) is 33.6 Å². The molecule has 0 N–H and O–H groups in total. The molecular weight excluding hydrogens is 200 g/mol. The van der Waals surface area contributed by atoms with Crippen LogP contribution in [0.15, 0.2) is 12.1 Å². The first kappa shape index (κ1) is 14.3. The summed E-state index contributed by atoms with van der Waals surface area (Å²) in [4.78, 5) is 0. The first-order valence-electron chi connectivity index (χ1n) is 4.71. The molecule has 0 saturated carbocycles. The number of benzene rings is 1. The van der Waals surface area contributed by atoms with Crippen LogP contribution >= 0.6 is 0 Å². The Balaban J connectivity index is 0.00000169. The van der Waals surface area contributed by atoms with Gasteiger partial charge in [0.05, 0.1) is 7.11 Å². The Labute approximate surface area is 117 Å². The molecule has 0 aliphatic heterocycles. The first-order valence-corrected chi connectivity index (χ1v) is 4.71. The van der Waals surface area contributed by atoms with Gasteiger partial charge in [0.15, 0.2) is 0 Å². The Bertz CT molecular complexity index is 282. The predicted molar refractivity (Wildman–Crippen MR) is 56.6 cm³/mol. The SMILES string of the molecule is COc1c(C)cc(C(C)C)cc1C.[Ar]. The number of hydrogen-bond acceptors (Lipinski definition) is 1. The van der Waals surface area contributed by atoms with Crippen molar-refractivity contribution in [3.8, 4) is 5.75 Å². The minimum absolute atomic E-state index is 0. The molecule has 0 bridgehead atoms. The maximum absolute atomic E-state index is 5.31. The maximum atomic E-state index is 5.31. The van der Waals surface area contributed by atoms with Crippen molar-refractivity contribution in [2.75, 3.05) is 7.11 Å². The van der Waals surface area contributed by atoms with Gasteiger partial charge < -0.3 is 4.74 Å². The summed E-state index contributed by atoms with van der Waals surface area (Å²) < 4.78 is 5.31. The second kappa shape index (κ2) is 5.99. The summed E-state index contributed by atoms with van der Waals surface area (Å²) in [5.41, 5.74) is 3.84. The van der Waals surface area contributed by atoms with Gasteiger partial charge in [-0.2, -0.15) is 0 Å². The average molecular weight is 218 g/mol. The molecule has 80 valence electrons. The molecule has 0 spiro atoms. The largest absolute Gasteiger partial charge is 0.496 e. The van der Waals surface area contributed by atoms with Crippen molar-refractivity contribution in [3.05, 3.63) is 28.8 Å². The smallest absolute Gasteiger partial charge is 0.124 e. The molecule has 0 amide bonds. The monoisotopic (exact) mass is 218 g/mol. The van der Waals surface area contributed by atoms with Crippen LogP contribution in [0.1, 0.15) is 36.5 Å². The minimum atomic E-state index is 0. The quantitative estimate of drug-likeness (QED) is 0.738. The van der Waals surface area contributed by atoms with Crippen LogP contribution in [-0.4, -0.2) is 7.11 Å². The molecule has 0 aliphatic carbocycles. The van der Waals surface area contributed by atoms with E-state index in [-0.39, 0.29) is 37.7 Å². The van der Waals surface area contributed by atoms with Crippen molar-refractivity contribution in [1.82, 2.24) is 0 Å². The van der Waals surface area contributed by atoms with E-state index in [1.165, 1.54) is 16.7 Å². The van der Waals surface area contributed by atoms with Gasteiger partial charge >= 0.3 is 0 Å². The molecule has 0 saturated heterocycles. The molecule has 0 fully saturated rings. The molecule has 0 heterocycles. The van der Waals surface area contributed by atoms with Crippen LogP contribution in [-0.2, 0) is 0 Å². The molecule has 14 heavy (non-hydrogen) atoms. The van der Waals surface area contributed by atoms with Gasteiger partial charge in [-0.1, -0.05) is 26.0 Å². The van der Waals surface area contributed by atoms with E-state index in [0.29, 0.717) is 5.92 Å². The second-order valence-electron chi connectivity index (χ2n) is 3.84. The molecular formula is C12H18ArO. The van der Waals surface area contributed by atoms with Crippen LogP contribution in [0, 0.1) is 51.6 Å². The summed E-state index contributed by atoms with van der Waals surface area (Å²) in [6, 6.07) is 4.41. The Hall–Kier alpha value is 0.280. The molecule has 1 nitrogen and oxygen atoms in total. The van der Waals surface area contributed by atoms with Gasteiger partial charge in [-0.05, 0) is 36.5 Å². The van der Waals surface area contributed by atoms with Crippen LogP contribution in [0.3, 0.4) is 0 Å². The molecule has 0 radical (unpaired) electrons. The standard InChI is InChI=1S/C12H18O.Ar/c1-8(2)11-6-9(3)12(13-5)10(4)7-11;/h6-8H,1-5H3;. The Morgan fingerprint density at radius 2 is 1.50 bits per heavy atom. The van der Waals surface area contributed by atoms with E-state index >= 15 is 0 Å². The summed E-state index contributed by atoms with van der Waals surface area (Å²) in [5, 5.41) is 0. The number of rotatable bonds is 2. The molecule has 0 atom stereocenters. The van der Waals surface area contributed by atoms with Crippen molar-refractivity contribution in [1.29, 1.82) is 0 Å². The third-order valence-electron chi connectivity index (χ3n) is 2.35. The number of aryl methyl sites for hydroxylation is 2. The zero-order chi connectivity index (χ0) is 10.0. The van der Waals surface area contributed by atoms with Gasteiger partial charge in [0.1, 0.15) is 5.75 Å². The fourth-order valence-corrected chi connectivity index (χ4v) is 1.64. The van der Waals surface area contributed by atoms with Crippen LogP contribution in [0.5, 0.6) is 5.75 Å². The molecule has 0 aromatic heterocycles. The fraction of sp³-hybridized carbons (Fsp3) is 0.500. The molecule has 1 aromatic carbocycles. The third kappa shape index (κ3) is 3.15. The normalized spacial score (nSPS) is 9.86. The van der Waals surface area contributed by atoms with Crippen LogP contribution < -0.4 is 4.74 Å². The Morgan fingerprint density at radius 1 is 1.07 bits per heavy atom. The van der Waals surface area contributed by atoms with E-state index in [1.807, 2.05) is 0 Å². The third-order valence-corrected chi connectivity index (χ3v) is 2.35. The van der Waals surface area contributed by atoms with E-state index in [1.54, 1.807) is 7.11 Å². The van der Waals surface area contributed by atoms with Crippen LogP contribution in [0.25, 0.3) is 0 Å². The molecule has 2 heteroatoms. The number of ether oxygens (including phenoxy) is 1. The molecule has 1 aromatic rings. The number of hydrogen-bond donors (Lipinski definition) is 0. The van der Waals surface area contributed by atoms with Gasteiger partial charge in [0, 0.05) is 37.7 Å². The summed E-state index contributed by atoms with van der Waals surface area (Å²) in [7, 11) is 1.73. The topological polar surface area (TPSA) is 9.23 Å². The maximum Gasteiger partial charge on any atom is 0.124 e. The van der Waals surface area contributed by atoms with Gasteiger partial charge in [-0.15, -0.1) is 0 Å². The zero-order valence-electron chi connectivity index (χ0n) is 9.49. The van der Waals surface area contributed by atoms with E-state index in [2.05, 4.69) is 39.8 Å². The van der Waals surface area contributed by atoms with E-state index < -0.39 is 0 Å². The summed E-state index contributed by atoms with van der Waals surface area (Å²) in [6.45, 7) is 8.61. The average Bonchev–Trinajstić information content (AvgIpc) is 2.03. The van der Waals surface area contributed by atoms with Crippen molar-refractivity contribution >= 4 is 0 Å². The molecule has 0 unspecified atom stereocenters. The van der Waals surface area contributed by atoms with Crippen molar-refractivity contribution < 1.29 is 42.5 Å². The van der Waals surface area contributed by atoms with Crippen molar-refractivity contribution in [3.63, 3.8) is 0 Å². The fourth-order valence-electron chi connectivity index (χ4n) is 1.64. The van der Waals surface area contributed by atoms with Gasteiger partial charge in [-0.3, -0.25) is 0 Å². The zero-order valence-corrected chi connectivity index (χ0v) is 10.2. The predicted octanol–water partition coefficient (Wildman–Crippen LogP) is 3.44. The molecule has 1 rings (SSSR count). The van der Waals surface area contributed by atoms with Crippen LogP contribution in [0.4, 0.5) is 0 Å². The van der Waals surface area contributed by atoms with E-state index in [9.17, 15) is 0 Å². The minimum Gasteiger partial charge on any atom is -0.496 e. The van der Waals surface area contributed by atoms with Gasteiger partial charge in [0.2, 0.25) is 0 Å². The van der Waals surface area contributed by atoms with E-state index in [4.69, 9.17) is 4.74 Å². The first-order chi connectivity index (χ1) is 6.06. The summed E-state index contributed by atoms with van der Waals surface area (Å²) in [6.07, 6.45) is 0. The second-order valence-corrected chi connectivity index (χ2v) is 3.84. The summed E-state index contributed by atoms with van der Waals surface area (Å²) >= 11 is 0. The van der Waals surface area contributed by atoms with Gasteiger partial charge in [0.25, 0.3) is 0 Å². The number of methoxy groups -OCH3 is 1. The van der Waals surface area contributed by atoms with Crippen molar-refractivity contribution in [2.24, 2.45) is 0 Å². The Morgan fingerprint density at radius 3 is 1.79 bits per heavy atom.